The molecule has 0 bridgehead atoms. The minimum absolute atomic E-state index is 0.0257. The SMILES string of the molecule is CCS(=O)(=O)Nc1c(Br)cc(OC)cc1Br. The maximum atomic E-state index is 11.4. The van der Waals surface area contributed by atoms with Gasteiger partial charge in [0.2, 0.25) is 10.0 Å². The van der Waals surface area contributed by atoms with Gasteiger partial charge in [-0.25, -0.2) is 8.42 Å². The molecule has 4 nitrogen and oxygen atoms in total. The van der Waals surface area contributed by atoms with E-state index < -0.39 is 10.0 Å². The van der Waals surface area contributed by atoms with Crippen LogP contribution in [0.25, 0.3) is 0 Å². The Morgan fingerprint density at radius 2 is 1.81 bits per heavy atom. The summed E-state index contributed by atoms with van der Waals surface area (Å²) in [7, 11) is -1.74. The van der Waals surface area contributed by atoms with Gasteiger partial charge in [-0.1, -0.05) is 0 Å². The van der Waals surface area contributed by atoms with Crippen molar-refractivity contribution < 1.29 is 13.2 Å². The molecule has 0 atom stereocenters. The zero-order valence-electron chi connectivity index (χ0n) is 8.75. The van der Waals surface area contributed by atoms with Crippen molar-refractivity contribution in [1.82, 2.24) is 0 Å². The summed E-state index contributed by atoms with van der Waals surface area (Å²) in [6.07, 6.45) is 0. The Hall–Kier alpha value is -0.270. The summed E-state index contributed by atoms with van der Waals surface area (Å²) < 4.78 is 31.7. The Bertz CT molecular complexity index is 465. The fourth-order valence-corrected chi connectivity index (χ4v) is 3.27. The fraction of sp³-hybridized carbons (Fsp3) is 0.333. The largest absolute Gasteiger partial charge is 0.497 e. The number of ether oxygens (including phenoxy) is 1. The Balaban J connectivity index is 3.16. The number of benzene rings is 1. The van der Waals surface area contributed by atoms with E-state index in [0.717, 1.165) is 0 Å². The van der Waals surface area contributed by atoms with Crippen LogP contribution >= 0.6 is 31.9 Å². The molecule has 7 heteroatoms. The molecule has 0 aliphatic heterocycles. The number of hydrogen-bond acceptors (Lipinski definition) is 3. The number of anilines is 1. The molecule has 0 unspecified atom stereocenters. The van der Waals surface area contributed by atoms with Gasteiger partial charge in [0.25, 0.3) is 0 Å². The first kappa shape index (κ1) is 13.8. The monoisotopic (exact) mass is 371 g/mol. The minimum Gasteiger partial charge on any atom is -0.497 e. The standard InChI is InChI=1S/C9H11Br2NO3S/c1-3-16(13,14)12-9-7(10)4-6(15-2)5-8(9)11/h4-5,12H,3H2,1-2H3. The van der Waals surface area contributed by atoms with E-state index in [0.29, 0.717) is 20.4 Å². The number of sulfonamides is 1. The minimum atomic E-state index is -3.29. The number of halogens is 2. The molecule has 1 N–H and O–H groups in total. The van der Waals surface area contributed by atoms with Crippen LogP contribution in [0, 0.1) is 0 Å². The second-order valence-electron chi connectivity index (χ2n) is 2.97. The first-order valence-electron chi connectivity index (χ1n) is 4.43. The second-order valence-corrected chi connectivity index (χ2v) is 6.69. The molecule has 90 valence electrons. The van der Waals surface area contributed by atoms with Crippen molar-refractivity contribution in [1.29, 1.82) is 0 Å². The van der Waals surface area contributed by atoms with Crippen LogP contribution in [-0.4, -0.2) is 21.3 Å². The molecule has 0 heterocycles. The predicted molar refractivity (Wildman–Crippen MR) is 71.5 cm³/mol. The molecule has 1 aromatic rings. The van der Waals surface area contributed by atoms with E-state index >= 15 is 0 Å². The molecule has 16 heavy (non-hydrogen) atoms. The summed E-state index contributed by atoms with van der Waals surface area (Å²) in [6.45, 7) is 1.58. The van der Waals surface area contributed by atoms with Crippen LogP contribution in [0.5, 0.6) is 5.75 Å². The third kappa shape index (κ3) is 3.36. The molecule has 0 aliphatic rings. The van der Waals surface area contributed by atoms with Gasteiger partial charge in [-0.2, -0.15) is 0 Å². The number of methoxy groups -OCH3 is 1. The molecular formula is C9H11Br2NO3S. The first-order valence-corrected chi connectivity index (χ1v) is 7.67. The van der Waals surface area contributed by atoms with Crippen molar-refractivity contribution in [3.8, 4) is 5.75 Å². The highest BCUT2D eigenvalue weighted by Gasteiger charge is 2.13. The summed E-state index contributed by atoms with van der Waals surface area (Å²) in [5, 5.41) is 0. The average Bonchev–Trinajstić information content (AvgIpc) is 2.23. The normalized spacial score (nSPS) is 11.2. The lowest BCUT2D eigenvalue weighted by molar-refractivity contribution is 0.414. The van der Waals surface area contributed by atoms with Gasteiger partial charge in [-0.05, 0) is 50.9 Å². The lowest BCUT2D eigenvalue weighted by atomic mass is 10.3. The second kappa shape index (κ2) is 5.37. The topological polar surface area (TPSA) is 55.4 Å². The van der Waals surface area contributed by atoms with Crippen LogP contribution in [0.15, 0.2) is 21.1 Å². The zero-order valence-corrected chi connectivity index (χ0v) is 12.7. The molecule has 0 fully saturated rings. The number of nitrogens with one attached hydrogen (secondary N) is 1. The molecule has 0 saturated carbocycles. The van der Waals surface area contributed by atoms with Crippen molar-refractivity contribution in [2.24, 2.45) is 0 Å². The molecule has 0 spiro atoms. The zero-order chi connectivity index (χ0) is 12.3. The van der Waals surface area contributed by atoms with Gasteiger partial charge in [-0.3, -0.25) is 4.72 Å². The van der Waals surface area contributed by atoms with Crippen molar-refractivity contribution in [2.45, 2.75) is 6.92 Å². The highest BCUT2D eigenvalue weighted by atomic mass is 79.9. The summed E-state index contributed by atoms with van der Waals surface area (Å²) in [5.41, 5.74) is 0.475. The lowest BCUT2D eigenvalue weighted by Gasteiger charge is -2.11. The molecule has 0 amide bonds. The molecule has 0 aliphatic carbocycles. The van der Waals surface area contributed by atoms with E-state index in [1.807, 2.05) is 0 Å². The van der Waals surface area contributed by atoms with Gasteiger partial charge in [0.05, 0.1) is 18.6 Å². The lowest BCUT2D eigenvalue weighted by Crippen LogP contribution is -2.15. The van der Waals surface area contributed by atoms with E-state index in [2.05, 4.69) is 36.6 Å². The van der Waals surface area contributed by atoms with E-state index in [4.69, 9.17) is 4.74 Å². The van der Waals surface area contributed by atoms with Gasteiger partial charge in [0.15, 0.2) is 0 Å². The van der Waals surface area contributed by atoms with E-state index in [-0.39, 0.29) is 5.75 Å². The summed E-state index contributed by atoms with van der Waals surface area (Å²) >= 11 is 6.57. The van der Waals surface area contributed by atoms with Crippen LogP contribution in [0.3, 0.4) is 0 Å². The van der Waals surface area contributed by atoms with E-state index in [9.17, 15) is 8.42 Å². The van der Waals surface area contributed by atoms with Crippen molar-refractivity contribution in [2.75, 3.05) is 17.6 Å². The summed E-state index contributed by atoms with van der Waals surface area (Å²) in [5.74, 6) is 0.663. The van der Waals surface area contributed by atoms with Crippen molar-refractivity contribution >= 4 is 47.6 Å². The van der Waals surface area contributed by atoms with Crippen LogP contribution in [0.2, 0.25) is 0 Å². The highest BCUT2D eigenvalue weighted by molar-refractivity contribution is 9.11. The fourth-order valence-electron chi connectivity index (χ4n) is 0.993. The molecule has 0 radical (unpaired) electrons. The third-order valence-corrected chi connectivity index (χ3v) is 4.41. The van der Waals surface area contributed by atoms with E-state index in [1.54, 1.807) is 26.2 Å². The van der Waals surface area contributed by atoms with Crippen LogP contribution in [-0.2, 0) is 10.0 Å². The van der Waals surface area contributed by atoms with Crippen LogP contribution in [0.4, 0.5) is 5.69 Å². The first-order chi connectivity index (χ1) is 7.39. The Morgan fingerprint density at radius 1 is 1.31 bits per heavy atom. The maximum absolute atomic E-state index is 11.4. The van der Waals surface area contributed by atoms with Crippen LogP contribution < -0.4 is 9.46 Å². The smallest absolute Gasteiger partial charge is 0.232 e. The number of hydrogen-bond donors (Lipinski definition) is 1. The average molecular weight is 373 g/mol. The predicted octanol–water partition coefficient (Wildman–Crippen LogP) is 2.98. The Morgan fingerprint density at radius 3 is 2.19 bits per heavy atom. The van der Waals surface area contributed by atoms with Crippen molar-refractivity contribution in [3.63, 3.8) is 0 Å². The number of rotatable bonds is 4. The van der Waals surface area contributed by atoms with Gasteiger partial charge < -0.3 is 4.74 Å². The Kier molecular flexibility index (Phi) is 4.63. The molecule has 1 aromatic carbocycles. The van der Waals surface area contributed by atoms with Crippen molar-refractivity contribution in [3.05, 3.63) is 21.1 Å². The third-order valence-electron chi connectivity index (χ3n) is 1.89. The van der Waals surface area contributed by atoms with E-state index in [1.165, 1.54) is 0 Å². The van der Waals surface area contributed by atoms with Gasteiger partial charge in [0, 0.05) is 8.95 Å². The maximum Gasteiger partial charge on any atom is 0.232 e. The Labute approximate surface area is 112 Å². The summed E-state index contributed by atoms with van der Waals surface area (Å²) in [4.78, 5) is 0. The molecule has 0 aromatic heterocycles. The van der Waals surface area contributed by atoms with Gasteiger partial charge in [-0.15, -0.1) is 0 Å². The van der Waals surface area contributed by atoms with Gasteiger partial charge >= 0.3 is 0 Å². The van der Waals surface area contributed by atoms with Gasteiger partial charge in [0.1, 0.15) is 5.75 Å². The molecular weight excluding hydrogens is 362 g/mol. The molecule has 0 saturated heterocycles. The quantitative estimate of drug-likeness (QED) is 0.883. The molecule has 1 rings (SSSR count). The highest BCUT2D eigenvalue weighted by Crippen LogP contribution is 2.35. The van der Waals surface area contributed by atoms with Crippen LogP contribution in [0.1, 0.15) is 6.92 Å². The summed E-state index contributed by atoms with van der Waals surface area (Å²) in [6, 6.07) is 3.39.